The molecule has 1 unspecified atom stereocenters. The number of halogens is 2. The van der Waals surface area contributed by atoms with Gasteiger partial charge in [-0.2, -0.15) is 0 Å². The van der Waals surface area contributed by atoms with Crippen molar-refractivity contribution >= 4 is 50.7 Å². The first kappa shape index (κ1) is 29.3. The number of hydrogen-bond donors (Lipinski definition) is 1. The number of carbonyl (C=O) groups excluding carboxylic acids is 2. The van der Waals surface area contributed by atoms with Gasteiger partial charge < -0.3 is 10.2 Å². The Bertz CT molecular complexity index is 1230. The molecular formula is C27H35Cl2N3O4S. The summed E-state index contributed by atoms with van der Waals surface area (Å²) in [5, 5.41) is 3.81. The Kier molecular flexibility index (Phi) is 9.89. The molecule has 2 aromatic rings. The van der Waals surface area contributed by atoms with Gasteiger partial charge in [0.2, 0.25) is 21.8 Å². The van der Waals surface area contributed by atoms with Crippen molar-refractivity contribution in [3.05, 3.63) is 63.1 Å². The third-order valence-electron chi connectivity index (χ3n) is 6.79. The number of benzene rings is 2. The molecule has 0 saturated heterocycles. The second-order valence-electron chi connectivity index (χ2n) is 9.70. The normalized spacial score (nSPS) is 14.9. The molecule has 0 radical (unpaired) electrons. The Morgan fingerprint density at radius 2 is 1.70 bits per heavy atom. The van der Waals surface area contributed by atoms with Gasteiger partial charge in [-0.05, 0) is 62.4 Å². The summed E-state index contributed by atoms with van der Waals surface area (Å²) in [6.45, 7) is 4.99. The topological polar surface area (TPSA) is 86.8 Å². The maximum Gasteiger partial charge on any atom is 0.244 e. The zero-order valence-corrected chi connectivity index (χ0v) is 24.1. The number of hydrogen-bond acceptors (Lipinski definition) is 4. The largest absolute Gasteiger partial charge is 0.352 e. The minimum atomic E-state index is -3.81. The SMILES string of the molecule is CCC(C(=O)NC1CCCC1)N(Cc1c(Cl)cccc1Cl)C(=O)CN(c1cc(C)ccc1C)S(C)(=O)=O. The third-order valence-corrected chi connectivity index (χ3v) is 8.62. The van der Waals surface area contributed by atoms with Crippen molar-refractivity contribution in [2.24, 2.45) is 0 Å². The van der Waals surface area contributed by atoms with Crippen LogP contribution in [0.4, 0.5) is 5.69 Å². The van der Waals surface area contributed by atoms with Gasteiger partial charge in [-0.1, -0.05) is 61.2 Å². The molecule has 1 aliphatic rings. The van der Waals surface area contributed by atoms with E-state index in [1.54, 1.807) is 31.2 Å². The van der Waals surface area contributed by atoms with E-state index in [9.17, 15) is 18.0 Å². The highest BCUT2D eigenvalue weighted by molar-refractivity contribution is 7.92. The van der Waals surface area contributed by atoms with Crippen LogP contribution >= 0.6 is 23.2 Å². The molecular weight excluding hydrogens is 533 g/mol. The molecule has 1 atom stereocenters. The summed E-state index contributed by atoms with van der Waals surface area (Å²) < 4.78 is 26.8. The van der Waals surface area contributed by atoms with Gasteiger partial charge in [0.25, 0.3) is 0 Å². The Labute approximate surface area is 230 Å². The van der Waals surface area contributed by atoms with Crippen molar-refractivity contribution in [1.29, 1.82) is 0 Å². The second-order valence-corrected chi connectivity index (χ2v) is 12.4. The van der Waals surface area contributed by atoms with Crippen LogP contribution in [0.1, 0.15) is 55.7 Å². The summed E-state index contributed by atoms with van der Waals surface area (Å²) in [5.41, 5.74) is 2.51. The molecule has 37 heavy (non-hydrogen) atoms. The predicted octanol–water partition coefficient (Wildman–Crippen LogP) is 5.24. The van der Waals surface area contributed by atoms with Gasteiger partial charge in [0.15, 0.2) is 0 Å². The van der Waals surface area contributed by atoms with Crippen molar-refractivity contribution in [3.63, 3.8) is 0 Å². The number of carbonyl (C=O) groups is 2. The van der Waals surface area contributed by atoms with E-state index in [1.165, 1.54) is 4.90 Å². The number of anilines is 1. The van der Waals surface area contributed by atoms with Crippen LogP contribution in [-0.4, -0.2) is 50.0 Å². The quantitative estimate of drug-likeness (QED) is 0.425. The molecule has 0 bridgehead atoms. The van der Waals surface area contributed by atoms with E-state index in [2.05, 4.69) is 5.32 Å². The molecule has 2 amide bonds. The lowest BCUT2D eigenvalue weighted by molar-refractivity contribution is -0.140. The van der Waals surface area contributed by atoms with E-state index >= 15 is 0 Å². The molecule has 0 spiro atoms. The molecule has 1 N–H and O–H groups in total. The summed E-state index contributed by atoms with van der Waals surface area (Å²) in [4.78, 5) is 28.7. The fourth-order valence-electron chi connectivity index (χ4n) is 4.72. The van der Waals surface area contributed by atoms with Crippen molar-refractivity contribution in [2.45, 2.75) is 71.5 Å². The van der Waals surface area contributed by atoms with Crippen LogP contribution in [0.15, 0.2) is 36.4 Å². The molecule has 10 heteroatoms. The Morgan fingerprint density at radius 1 is 1.08 bits per heavy atom. The van der Waals surface area contributed by atoms with E-state index < -0.39 is 28.5 Å². The maximum atomic E-state index is 13.9. The highest BCUT2D eigenvalue weighted by Crippen LogP contribution is 2.29. The van der Waals surface area contributed by atoms with Crippen LogP contribution < -0.4 is 9.62 Å². The number of aryl methyl sites for hydroxylation is 2. The van der Waals surface area contributed by atoms with Gasteiger partial charge in [-0.3, -0.25) is 13.9 Å². The number of sulfonamides is 1. The van der Waals surface area contributed by atoms with Crippen LogP contribution in [0.5, 0.6) is 0 Å². The van der Waals surface area contributed by atoms with Crippen molar-refractivity contribution in [1.82, 2.24) is 10.2 Å². The lowest BCUT2D eigenvalue weighted by Gasteiger charge is -2.34. The minimum Gasteiger partial charge on any atom is -0.352 e. The van der Waals surface area contributed by atoms with E-state index in [4.69, 9.17) is 23.2 Å². The first-order chi connectivity index (χ1) is 17.4. The predicted molar refractivity (Wildman–Crippen MR) is 150 cm³/mol. The number of nitrogens with one attached hydrogen (secondary N) is 1. The molecule has 1 saturated carbocycles. The lowest BCUT2D eigenvalue weighted by atomic mass is 10.1. The monoisotopic (exact) mass is 567 g/mol. The first-order valence-corrected chi connectivity index (χ1v) is 15.1. The van der Waals surface area contributed by atoms with E-state index in [-0.39, 0.29) is 18.5 Å². The Balaban J connectivity index is 2.00. The van der Waals surface area contributed by atoms with Crippen LogP contribution in [0, 0.1) is 13.8 Å². The van der Waals surface area contributed by atoms with Gasteiger partial charge >= 0.3 is 0 Å². The third kappa shape index (κ3) is 7.39. The minimum absolute atomic E-state index is 0.0294. The standard InChI is InChI=1S/C27H35Cl2N3O4S/c1-5-24(27(34)30-20-9-6-7-10-20)31(16-21-22(28)11-8-12-23(21)29)26(33)17-32(37(4,35)36)25-15-18(2)13-14-19(25)3/h8,11-15,20,24H,5-7,9-10,16-17H2,1-4H3,(H,30,34). The molecule has 0 aliphatic heterocycles. The maximum absolute atomic E-state index is 13.9. The second kappa shape index (κ2) is 12.5. The molecule has 7 nitrogen and oxygen atoms in total. The molecule has 3 rings (SSSR count). The fourth-order valence-corrected chi connectivity index (χ4v) is 6.14. The first-order valence-electron chi connectivity index (χ1n) is 12.5. The average Bonchev–Trinajstić information content (AvgIpc) is 3.33. The van der Waals surface area contributed by atoms with E-state index in [0.29, 0.717) is 27.7 Å². The van der Waals surface area contributed by atoms with E-state index in [1.807, 2.05) is 26.0 Å². The zero-order chi connectivity index (χ0) is 27.3. The van der Waals surface area contributed by atoms with Crippen molar-refractivity contribution in [3.8, 4) is 0 Å². The van der Waals surface area contributed by atoms with Gasteiger partial charge in [-0.25, -0.2) is 8.42 Å². The van der Waals surface area contributed by atoms with Crippen LogP contribution in [0.2, 0.25) is 10.0 Å². The van der Waals surface area contributed by atoms with Crippen molar-refractivity contribution < 1.29 is 18.0 Å². The van der Waals surface area contributed by atoms with Crippen molar-refractivity contribution in [2.75, 3.05) is 17.1 Å². The van der Waals surface area contributed by atoms with E-state index in [0.717, 1.165) is 47.4 Å². The summed E-state index contributed by atoms with van der Waals surface area (Å²) in [5.74, 6) is -0.778. The average molecular weight is 569 g/mol. The lowest BCUT2D eigenvalue weighted by Crippen LogP contribution is -2.53. The smallest absolute Gasteiger partial charge is 0.244 e. The van der Waals surface area contributed by atoms with Crippen LogP contribution in [0.3, 0.4) is 0 Å². The van der Waals surface area contributed by atoms with Gasteiger partial charge in [0.05, 0.1) is 11.9 Å². The Hall–Kier alpha value is -2.29. The summed E-state index contributed by atoms with van der Waals surface area (Å²) in [7, 11) is -3.81. The van der Waals surface area contributed by atoms with Gasteiger partial charge in [0.1, 0.15) is 12.6 Å². The molecule has 0 heterocycles. The molecule has 2 aromatic carbocycles. The highest BCUT2D eigenvalue weighted by atomic mass is 35.5. The summed E-state index contributed by atoms with van der Waals surface area (Å²) in [6.07, 6.45) is 5.33. The number of nitrogens with zero attached hydrogens (tertiary/aromatic N) is 2. The molecule has 1 aliphatic carbocycles. The fraction of sp³-hybridized carbons (Fsp3) is 0.481. The van der Waals surface area contributed by atoms with Gasteiger partial charge in [-0.15, -0.1) is 0 Å². The van der Waals surface area contributed by atoms with Crippen LogP contribution in [0.25, 0.3) is 0 Å². The highest BCUT2D eigenvalue weighted by Gasteiger charge is 2.34. The van der Waals surface area contributed by atoms with Crippen LogP contribution in [-0.2, 0) is 26.2 Å². The number of rotatable bonds is 10. The summed E-state index contributed by atoms with van der Waals surface area (Å²) >= 11 is 12.9. The summed E-state index contributed by atoms with van der Waals surface area (Å²) in [6, 6.07) is 9.74. The molecule has 0 aromatic heterocycles. The Morgan fingerprint density at radius 3 is 2.27 bits per heavy atom. The molecule has 202 valence electrons. The number of amides is 2. The molecule has 1 fully saturated rings. The zero-order valence-electron chi connectivity index (χ0n) is 21.8. The van der Waals surface area contributed by atoms with Gasteiger partial charge in [0, 0.05) is 28.2 Å².